The lowest BCUT2D eigenvalue weighted by molar-refractivity contribution is -0.139. The predicted molar refractivity (Wildman–Crippen MR) is 74.0 cm³/mol. The van der Waals surface area contributed by atoms with Crippen LogP contribution in [0.1, 0.15) is 6.42 Å². The molecule has 0 aromatic heterocycles. The van der Waals surface area contributed by atoms with E-state index in [0.29, 0.717) is 23.9 Å². The number of aliphatic carboxylic acids is 1. The van der Waals surface area contributed by atoms with Crippen LogP contribution in [0.2, 0.25) is 5.02 Å². The summed E-state index contributed by atoms with van der Waals surface area (Å²) in [7, 11) is 0. The lowest BCUT2D eigenvalue weighted by Crippen LogP contribution is -2.51. The molecule has 1 atom stereocenters. The monoisotopic (exact) mass is 298 g/mol. The van der Waals surface area contributed by atoms with E-state index in [1.165, 1.54) is 4.90 Å². The predicted octanol–water partition coefficient (Wildman–Crippen LogP) is 2.05. The van der Waals surface area contributed by atoms with E-state index in [1.54, 1.807) is 24.3 Å². The summed E-state index contributed by atoms with van der Waals surface area (Å²) in [6.45, 7) is 0.999. The van der Waals surface area contributed by atoms with Gasteiger partial charge in [-0.05, 0) is 18.2 Å². The molecule has 0 spiro atoms. The van der Waals surface area contributed by atoms with E-state index in [-0.39, 0.29) is 19.1 Å². The number of anilines is 1. The van der Waals surface area contributed by atoms with Crippen LogP contribution in [-0.4, -0.2) is 47.8 Å². The fourth-order valence-electron chi connectivity index (χ4n) is 2.05. The third-order valence-corrected chi connectivity index (χ3v) is 3.21. The first-order chi connectivity index (χ1) is 9.56. The molecule has 20 heavy (non-hydrogen) atoms. The van der Waals surface area contributed by atoms with Crippen molar-refractivity contribution in [2.75, 3.05) is 25.1 Å². The number of morpholine rings is 1. The van der Waals surface area contributed by atoms with Crippen LogP contribution >= 0.6 is 11.6 Å². The second-order valence-corrected chi connectivity index (χ2v) is 4.90. The Labute approximate surface area is 121 Å². The third kappa shape index (κ3) is 3.85. The second kappa shape index (κ2) is 6.58. The van der Waals surface area contributed by atoms with Gasteiger partial charge < -0.3 is 20.1 Å². The summed E-state index contributed by atoms with van der Waals surface area (Å²) in [5.74, 6) is -0.957. The van der Waals surface area contributed by atoms with Crippen LogP contribution in [-0.2, 0) is 9.53 Å². The molecule has 0 bridgehead atoms. The van der Waals surface area contributed by atoms with E-state index in [0.717, 1.165) is 0 Å². The van der Waals surface area contributed by atoms with Gasteiger partial charge in [-0.2, -0.15) is 0 Å². The molecule has 108 valence electrons. The minimum Gasteiger partial charge on any atom is -0.481 e. The highest BCUT2D eigenvalue weighted by atomic mass is 35.5. The second-order valence-electron chi connectivity index (χ2n) is 4.46. The number of nitrogens with one attached hydrogen (secondary N) is 1. The Morgan fingerprint density at radius 2 is 2.30 bits per heavy atom. The third-order valence-electron chi connectivity index (χ3n) is 2.97. The molecule has 2 amide bonds. The highest BCUT2D eigenvalue weighted by molar-refractivity contribution is 6.30. The molecule has 1 aromatic carbocycles. The normalized spacial score (nSPS) is 18.6. The average molecular weight is 299 g/mol. The minimum absolute atomic E-state index is 0.136. The number of benzene rings is 1. The molecular weight excluding hydrogens is 284 g/mol. The van der Waals surface area contributed by atoms with Gasteiger partial charge in [0.15, 0.2) is 0 Å². The summed E-state index contributed by atoms with van der Waals surface area (Å²) >= 11 is 5.85. The highest BCUT2D eigenvalue weighted by Gasteiger charge is 2.29. The number of ether oxygens (including phenoxy) is 1. The largest absolute Gasteiger partial charge is 0.481 e. The summed E-state index contributed by atoms with van der Waals surface area (Å²) in [5, 5.41) is 12.1. The van der Waals surface area contributed by atoms with Crippen LogP contribution in [0.5, 0.6) is 0 Å². The summed E-state index contributed by atoms with van der Waals surface area (Å²) < 4.78 is 5.23. The van der Waals surface area contributed by atoms with Crippen LogP contribution in [0.15, 0.2) is 24.3 Å². The Hall–Kier alpha value is -1.79. The number of rotatable bonds is 3. The smallest absolute Gasteiger partial charge is 0.322 e. The number of amides is 2. The van der Waals surface area contributed by atoms with Crippen LogP contribution < -0.4 is 5.32 Å². The first-order valence-corrected chi connectivity index (χ1v) is 6.57. The van der Waals surface area contributed by atoms with Crippen LogP contribution in [0, 0.1) is 0 Å². The van der Waals surface area contributed by atoms with Crippen molar-refractivity contribution < 1.29 is 19.4 Å². The number of carbonyl (C=O) groups is 2. The standard InChI is InChI=1S/C13H15ClN2O4/c14-9-2-1-3-10(6-9)15-13(19)16-4-5-20-8-11(16)7-12(17)18/h1-3,6,11H,4-5,7-8H2,(H,15,19)(H,17,18). The number of nitrogens with zero attached hydrogens (tertiary/aromatic N) is 1. The fraction of sp³-hybridized carbons (Fsp3) is 0.385. The van der Waals surface area contributed by atoms with Crippen LogP contribution in [0.3, 0.4) is 0 Å². The summed E-state index contributed by atoms with van der Waals surface area (Å²) in [6.07, 6.45) is -0.136. The summed E-state index contributed by atoms with van der Waals surface area (Å²) in [6, 6.07) is 5.98. The Balaban J connectivity index is 2.04. The number of hydrogen-bond donors (Lipinski definition) is 2. The van der Waals surface area contributed by atoms with Crippen molar-refractivity contribution in [3.8, 4) is 0 Å². The Morgan fingerprint density at radius 1 is 1.50 bits per heavy atom. The van der Waals surface area contributed by atoms with Gasteiger partial charge in [0.2, 0.25) is 0 Å². The van der Waals surface area contributed by atoms with Crippen molar-refractivity contribution in [3.05, 3.63) is 29.3 Å². The zero-order chi connectivity index (χ0) is 14.5. The molecule has 1 aliphatic heterocycles. The zero-order valence-corrected chi connectivity index (χ0v) is 11.5. The summed E-state index contributed by atoms with van der Waals surface area (Å²) in [5.41, 5.74) is 0.572. The molecule has 1 heterocycles. The molecule has 7 heteroatoms. The van der Waals surface area contributed by atoms with Gasteiger partial charge in [0.25, 0.3) is 0 Å². The Bertz CT molecular complexity index is 509. The lowest BCUT2D eigenvalue weighted by Gasteiger charge is -2.34. The van der Waals surface area contributed by atoms with Crippen LogP contribution in [0.4, 0.5) is 10.5 Å². The van der Waals surface area contributed by atoms with Gasteiger partial charge in [-0.3, -0.25) is 4.79 Å². The van der Waals surface area contributed by atoms with E-state index in [1.807, 2.05) is 0 Å². The van der Waals surface area contributed by atoms with E-state index in [2.05, 4.69) is 5.32 Å². The number of urea groups is 1. The molecule has 6 nitrogen and oxygen atoms in total. The Kier molecular flexibility index (Phi) is 4.81. The number of carboxylic acids is 1. The van der Waals surface area contributed by atoms with Gasteiger partial charge >= 0.3 is 12.0 Å². The topological polar surface area (TPSA) is 78.9 Å². The molecule has 1 fully saturated rings. The molecule has 1 aliphatic rings. The molecule has 1 saturated heterocycles. The van der Waals surface area contributed by atoms with E-state index >= 15 is 0 Å². The van der Waals surface area contributed by atoms with Gasteiger partial charge in [-0.1, -0.05) is 17.7 Å². The molecule has 1 unspecified atom stereocenters. The molecule has 0 saturated carbocycles. The highest BCUT2D eigenvalue weighted by Crippen LogP contribution is 2.17. The maximum atomic E-state index is 12.2. The summed E-state index contributed by atoms with van der Waals surface area (Å²) in [4.78, 5) is 24.5. The van der Waals surface area contributed by atoms with Crippen molar-refractivity contribution >= 4 is 29.3 Å². The number of hydrogen-bond acceptors (Lipinski definition) is 3. The lowest BCUT2D eigenvalue weighted by atomic mass is 10.1. The SMILES string of the molecule is O=C(O)CC1COCCN1C(=O)Nc1cccc(Cl)c1. The average Bonchev–Trinajstić information content (AvgIpc) is 2.38. The molecule has 0 aliphatic carbocycles. The van der Waals surface area contributed by atoms with Gasteiger partial charge in [-0.15, -0.1) is 0 Å². The van der Waals surface area contributed by atoms with Crippen molar-refractivity contribution in [1.29, 1.82) is 0 Å². The van der Waals surface area contributed by atoms with Gasteiger partial charge in [0.1, 0.15) is 0 Å². The molecule has 2 N–H and O–H groups in total. The van der Waals surface area contributed by atoms with Gasteiger partial charge in [0.05, 0.1) is 25.7 Å². The first-order valence-electron chi connectivity index (χ1n) is 6.19. The number of carbonyl (C=O) groups excluding carboxylic acids is 1. The molecule has 0 radical (unpaired) electrons. The van der Waals surface area contributed by atoms with Crippen molar-refractivity contribution in [1.82, 2.24) is 4.90 Å². The molecular formula is C13H15ClN2O4. The minimum atomic E-state index is -0.957. The first kappa shape index (κ1) is 14.6. The van der Waals surface area contributed by atoms with Crippen molar-refractivity contribution in [2.45, 2.75) is 12.5 Å². The number of halogens is 1. The van der Waals surface area contributed by atoms with E-state index < -0.39 is 12.0 Å². The van der Waals surface area contributed by atoms with Crippen molar-refractivity contribution in [2.24, 2.45) is 0 Å². The molecule has 1 aromatic rings. The van der Waals surface area contributed by atoms with Crippen molar-refractivity contribution in [3.63, 3.8) is 0 Å². The zero-order valence-electron chi connectivity index (χ0n) is 10.7. The fourth-order valence-corrected chi connectivity index (χ4v) is 2.24. The van der Waals surface area contributed by atoms with Gasteiger partial charge in [0, 0.05) is 17.3 Å². The maximum absolute atomic E-state index is 12.2. The molecule has 2 rings (SSSR count). The van der Waals surface area contributed by atoms with Gasteiger partial charge in [-0.25, -0.2) is 4.79 Å². The quantitative estimate of drug-likeness (QED) is 0.895. The van der Waals surface area contributed by atoms with E-state index in [4.69, 9.17) is 21.4 Å². The van der Waals surface area contributed by atoms with Crippen LogP contribution in [0.25, 0.3) is 0 Å². The Morgan fingerprint density at radius 3 is 3.00 bits per heavy atom. The van der Waals surface area contributed by atoms with E-state index in [9.17, 15) is 9.59 Å². The number of carboxylic acid groups (broad SMARTS) is 1. The maximum Gasteiger partial charge on any atom is 0.322 e.